The zero-order chi connectivity index (χ0) is 17.6. The molecule has 132 valence electrons. The first-order valence-corrected chi connectivity index (χ1v) is 8.60. The van der Waals surface area contributed by atoms with E-state index in [2.05, 4.69) is 27.4 Å². The number of aromatic nitrogens is 5. The zero-order valence-electron chi connectivity index (χ0n) is 14.3. The van der Waals surface area contributed by atoms with Crippen LogP contribution in [0.25, 0.3) is 0 Å². The minimum absolute atomic E-state index is 0.140. The number of nitrogens with zero attached hydrogens (tertiary/aromatic N) is 6. The molecule has 0 unspecified atom stereocenters. The van der Waals surface area contributed by atoms with Crippen molar-refractivity contribution in [2.75, 3.05) is 11.9 Å². The first-order valence-electron chi connectivity index (χ1n) is 8.60. The van der Waals surface area contributed by atoms with Gasteiger partial charge in [-0.1, -0.05) is 0 Å². The van der Waals surface area contributed by atoms with Crippen molar-refractivity contribution in [1.29, 1.82) is 0 Å². The predicted octanol–water partition coefficient (Wildman–Crippen LogP) is 0.537. The number of carbonyl (C=O) groups is 2. The Labute approximate surface area is 145 Å². The Kier molecular flexibility index (Phi) is 3.78. The molecule has 2 aliphatic rings. The van der Waals surface area contributed by atoms with E-state index in [1.54, 1.807) is 24.0 Å². The van der Waals surface area contributed by atoms with Crippen LogP contribution in [-0.4, -0.2) is 49.4 Å². The number of amides is 2. The normalized spacial score (nSPS) is 23.0. The number of fused-ring (bicyclic) bond motifs is 2. The maximum absolute atomic E-state index is 12.6. The second kappa shape index (κ2) is 5.98. The van der Waals surface area contributed by atoms with Crippen LogP contribution in [-0.2, 0) is 17.8 Å². The lowest BCUT2D eigenvalue weighted by Crippen LogP contribution is -2.47. The van der Waals surface area contributed by atoms with Gasteiger partial charge < -0.3 is 5.32 Å². The molecule has 0 spiro atoms. The number of nitrogens with one attached hydrogen (secondary N) is 1. The van der Waals surface area contributed by atoms with Crippen LogP contribution in [0.15, 0.2) is 12.3 Å². The minimum Gasteiger partial charge on any atom is -0.337 e. The predicted molar refractivity (Wildman–Crippen MR) is 89.2 cm³/mol. The van der Waals surface area contributed by atoms with Crippen molar-refractivity contribution in [2.24, 2.45) is 0 Å². The summed E-state index contributed by atoms with van der Waals surface area (Å²) in [6.07, 6.45) is 5.07. The number of hydrogen-bond donors (Lipinski definition) is 1. The van der Waals surface area contributed by atoms with Gasteiger partial charge in [0.1, 0.15) is 17.7 Å². The maximum atomic E-state index is 12.6. The third-order valence-electron chi connectivity index (χ3n) is 4.95. The standard InChI is InChI=1S/C16H21N7O2/c1-10-4-3-5-12-19-14(20-23(10)12)15(24)18-11-7-9-22-13(6-8-17-22)21(2)16(11)25/h6,8,10-11H,3-5,7,9H2,1-2H3,(H,18,24)/t10-,11+/m1/s1. The fraction of sp³-hybridized carbons (Fsp3) is 0.562. The first kappa shape index (κ1) is 15.8. The Bertz CT molecular complexity index is 824. The summed E-state index contributed by atoms with van der Waals surface area (Å²) in [6, 6.07) is 1.42. The number of aryl methyl sites for hydroxylation is 2. The van der Waals surface area contributed by atoms with Gasteiger partial charge in [-0.15, -0.1) is 5.10 Å². The molecule has 25 heavy (non-hydrogen) atoms. The van der Waals surface area contributed by atoms with Crippen LogP contribution >= 0.6 is 0 Å². The van der Waals surface area contributed by atoms with E-state index in [4.69, 9.17) is 0 Å². The quantitative estimate of drug-likeness (QED) is 0.858. The second-order valence-electron chi connectivity index (χ2n) is 6.66. The van der Waals surface area contributed by atoms with Gasteiger partial charge in [0.25, 0.3) is 11.8 Å². The molecule has 2 amide bonds. The highest BCUT2D eigenvalue weighted by Crippen LogP contribution is 2.22. The van der Waals surface area contributed by atoms with Crippen LogP contribution in [0.1, 0.15) is 48.7 Å². The largest absolute Gasteiger partial charge is 0.337 e. The summed E-state index contributed by atoms with van der Waals surface area (Å²) >= 11 is 0. The van der Waals surface area contributed by atoms with E-state index in [1.165, 1.54) is 4.90 Å². The van der Waals surface area contributed by atoms with E-state index >= 15 is 0 Å². The van der Waals surface area contributed by atoms with Crippen molar-refractivity contribution in [3.63, 3.8) is 0 Å². The van der Waals surface area contributed by atoms with Crippen LogP contribution in [0, 0.1) is 0 Å². The molecule has 2 atom stereocenters. The molecule has 0 fully saturated rings. The first-order chi connectivity index (χ1) is 12.0. The molecule has 2 aromatic rings. The summed E-state index contributed by atoms with van der Waals surface area (Å²) in [5, 5.41) is 11.3. The van der Waals surface area contributed by atoms with Crippen molar-refractivity contribution < 1.29 is 9.59 Å². The molecule has 0 aliphatic carbocycles. The molecule has 4 heterocycles. The monoisotopic (exact) mass is 343 g/mol. The van der Waals surface area contributed by atoms with Crippen molar-refractivity contribution in [2.45, 2.75) is 51.2 Å². The molecule has 0 radical (unpaired) electrons. The van der Waals surface area contributed by atoms with Gasteiger partial charge in [-0.2, -0.15) is 5.10 Å². The van der Waals surface area contributed by atoms with Crippen molar-refractivity contribution in [1.82, 2.24) is 29.9 Å². The molecular formula is C16H21N7O2. The third kappa shape index (κ3) is 2.69. The van der Waals surface area contributed by atoms with Crippen LogP contribution in [0.5, 0.6) is 0 Å². The lowest BCUT2D eigenvalue weighted by Gasteiger charge is -2.20. The van der Waals surface area contributed by atoms with Crippen molar-refractivity contribution >= 4 is 17.6 Å². The fourth-order valence-electron chi connectivity index (χ4n) is 3.51. The van der Waals surface area contributed by atoms with Gasteiger partial charge >= 0.3 is 0 Å². The number of anilines is 1. The molecule has 4 rings (SSSR count). The van der Waals surface area contributed by atoms with Gasteiger partial charge in [-0.25, -0.2) is 14.3 Å². The SMILES string of the molecule is C[C@@H]1CCCc2nc(C(=O)N[C@H]3CCn4nccc4N(C)C3=O)nn21. The number of likely N-dealkylation sites (N-methyl/N-ethyl adjacent to an activating group) is 1. The van der Waals surface area contributed by atoms with E-state index in [0.29, 0.717) is 13.0 Å². The summed E-state index contributed by atoms with van der Waals surface area (Å²) in [7, 11) is 1.69. The van der Waals surface area contributed by atoms with E-state index < -0.39 is 11.9 Å². The van der Waals surface area contributed by atoms with Crippen LogP contribution in [0.4, 0.5) is 5.82 Å². The molecule has 0 aromatic carbocycles. The Morgan fingerprint density at radius 3 is 3.00 bits per heavy atom. The van der Waals surface area contributed by atoms with Gasteiger partial charge in [-0.3, -0.25) is 14.5 Å². The van der Waals surface area contributed by atoms with Crippen LogP contribution in [0.3, 0.4) is 0 Å². The van der Waals surface area contributed by atoms with Crippen LogP contribution in [0.2, 0.25) is 0 Å². The Morgan fingerprint density at radius 1 is 1.36 bits per heavy atom. The summed E-state index contributed by atoms with van der Waals surface area (Å²) in [5.74, 6) is 1.14. The second-order valence-corrected chi connectivity index (χ2v) is 6.66. The lowest BCUT2D eigenvalue weighted by molar-refractivity contribution is -0.120. The topological polar surface area (TPSA) is 97.9 Å². The minimum atomic E-state index is -0.614. The molecule has 9 heteroatoms. The highest BCUT2D eigenvalue weighted by atomic mass is 16.2. The summed E-state index contributed by atoms with van der Waals surface area (Å²) in [6.45, 7) is 2.64. The molecule has 2 aromatic heterocycles. The molecule has 2 aliphatic heterocycles. The molecule has 9 nitrogen and oxygen atoms in total. The number of hydrogen-bond acceptors (Lipinski definition) is 5. The Hall–Kier alpha value is -2.71. The molecule has 1 N–H and O–H groups in total. The summed E-state index contributed by atoms with van der Waals surface area (Å²) in [4.78, 5) is 31.1. The average molecular weight is 343 g/mol. The van der Waals surface area contributed by atoms with Gasteiger partial charge in [0, 0.05) is 26.1 Å². The van der Waals surface area contributed by atoms with Crippen molar-refractivity contribution in [3.05, 3.63) is 23.9 Å². The molecular weight excluding hydrogens is 322 g/mol. The van der Waals surface area contributed by atoms with E-state index in [9.17, 15) is 9.59 Å². The van der Waals surface area contributed by atoms with Gasteiger partial charge in [-0.05, 0) is 26.2 Å². The van der Waals surface area contributed by atoms with E-state index in [0.717, 1.165) is 30.9 Å². The summed E-state index contributed by atoms with van der Waals surface area (Å²) in [5.41, 5.74) is 0. The molecule has 0 saturated carbocycles. The number of carbonyl (C=O) groups excluding carboxylic acids is 2. The smallest absolute Gasteiger partial charge is 0.291 e. The van der Waals surface area contributed by atoms with Gasteiger partial charge in [0.15, 0.2) is 0 Å². The molecule has 0 bridgehead atoms. The van der Waals surface area contributed by atoms with E-state index in [-0.39, 0.29) is 17.8 Å². The third-order valence-corrected chi connectivity index (χ3v) is 4.95. The Morgan fingerprint density at radius 2 is 2.20 bits per heavy atom. The Balaban J connectivity index is 1.51. The fourth-order valence-corrected chi connectivity index (χ4v) is 3.51. The van der Waals surface area contributed by atoms with Crippen LogP contribution < -0.4 is 10.2 Å². The highest BCUT2D eigenvalue weighted by molar-refractivity contribution is 6.00. The number of rotatable bonds is 2. The van der Waals surface area contributed by atoms with Crippen molar-refractivity contribution in [3.8, 4) is 0 Å². The van der Waals surface area contributed by atoms with Gasteiger partial charge in [0.05, 0.1) is 12.2 Å². The summed E-state index contributed by atoms with van der Waals surface area (Å²) < 4.78 is 3.59. The molecule has 0 saturated heterocycles. The van der Waals surface area contributed by atoms with Gasteiger partial charge in [0.2, 0.25) is 5.82 Å². The average Bonchev–Trinajstić information content (AvgIpc) is 3.22. The highest BCUT2D eigenvalue weighted by Gasteiger charge is 2.31. The van der Waals surface area contributed by atoms with E-state index in [1.807, 2.05) is 4.68 Å². The zero-order valence-corrected chi connectivity index (χ0v) is 14.3. The lowest BCUT2D eigenvalue weighted by atomic mass is 10.1. The maximum Gasteiger partial charge on any atom is 0.291 e.